The van der Waals surface area contributed by atoms with E-state index in [9.17, 15) is 0 Å². The number of benzene rings is 1. The molecule has 1 aromatic carbocycles. The summed E-state index contributed by atoms with van der Waals surface area (Å²) < 4.78 is 12.1. The van der Waals surface area contributed by atoms with Gasteiger partial charge < -0.3 is 9.26 Å². The van der Waals surface area contributed by atoms with Gasteiger partial charge >= 0.3 is 0 Å². The SMILES string of the molecule is COc1ccccc1-c1noc(CSc2nnnn2C)n1. The van der Waals surface area contributed by atoms with Crippen molar-refractivity contribution in [1.29, 1.82) is 0 Å². The van der Waals surface area contributed by atoms with Crippen LogP contribution in [0.2, 0.25) is 0 Å². The molecule has 3 rings (SSSR count). The summed E-state index contributed by atoms with van der Waals surface area (Å²) in [5, 5.41) is 15.9. The van der Waals surface area contributed by atoms with E-state index in [2.05, 4.69) is 25.7 Å². The maximum atomic E-state index is 5.29. The topological polar surface area (TPSA) is 91.8 Å². The Morgan fingerprint density at radius 3 is 2.95 bits per heavy atom. The third-order valence-corrected chi connectivity index (χ3v) is 3.72. The maximum absolute atomic E-state index is 5.29. The van der Waals surface area contributed by atoms with Crippen molar-refractivity contribution in [2.24, 2.45) is 7.05 Å². The van der Waals surface area contributed by atoms with Crippen molar-refractivity contribution >= 4 is 11.8 Å². The fourth-order valence-corrected chi connectivity index (χ4v) is 2.41. The highest BCUT2D eigenvalue weighted by atomic mass is 32.2. The van der Waals surface area contributed by atoms with Gasteiger partial charge in [-0.25, -0.2) is 4.68 Å². The summed E-state index contributed by atoms with van der Waals surface area (Å²) >= 11 is 1.42. The van der Waals surface area contributed by atoms with Crippen LogP contribution in [-0.2, 0) is 12.8 Å². The Labute approximate surface area is 124 Å². The molecule has 0 saturated heterocycles. The lowest BCUT2D eigenvalue weighted by Crippen LogP contribution is -1.93. The number of tetrazole rings is 1. The van der Waals surface area contributed by atoms with Crippen molar-refractivity contribution in [3.05, 3.63) is 30.2 Å². The summed E-state index contributed by atoms with van der Waals surface area (Å²) in [7, 11) is 3.38. The third-order valence-electron chi connectivity index (χ3n) is 2.72. The van der Waals surface area contributed by atoms with Gasteiger partial charge in [-0.15, -0.1) is 5.10 Å². The lowest BCUT2D eigenvalue weighted by molar-refractivity contribution is 0.390. The number of ether oxygens (including phenoxy) is 1. The smallest absolute Gasteiger partial charge is 0.237 e. The van der Waals surface area contributed by atoms with E-state index < -0.39 is 0 Å². The number of aromatic nitrogens is 6. The molecule has 0 unspecified atom stereocenters. The number of nitrogens with zero attached hydrogens (tertiary/aromatic N) is 6. The molecule has 3 aromatic rings. The molecule has 0 aliphatic heterocycles. The Morgan fingerprint density at radius 1 is 1.33 bits per heavy atom. The highest BCUT2D eigenvalue weighted by Crippen LogP contribution is 2.28. The number of hydrogen-bond donors (Lipinski definition) is 0. The second kappa shape index (κ2) is 5.92. The summed E-state index contributed by atoms with van der Waals surface area (Å²) in [6, 6.07) is 7.52. The van der Waals surface area contributed by atoms with Crippen molar-refractivity contribution in [2.75, 3.05) is 7.11 Å². The quantitative estimate of drug-likeness (QED) is 0.656. The van der Waals surface area contributed by atoms with Gasteiger partial charge in [0.1, 0.15) is 5.75 Å². The van der Waals surface area contributed by atoms with Gasteiger partial charge in [-0.05, 0) is 22.6 Å². The van der Waals surface area contributed by atoms with Crippen LogP contribution in [0.3, 0.4) is 0 Å². The van der Waals surface area contributed by atoms with Crippen LogP contribution in [0, 0.1) is 0 Å². The van der Waals surface area contributed by atoms with Crippen LogP contribution in [0.25, 0.3) is 11.4 Å². The highest BCUT2D eigenvalue weighted by molar-refractivity contribution is 7.98. The van der Waals surface area contributed by atoms with Crippen molar-refractivity contribution in [3.63, 3.8) is 0 Å². The minimum Gasteiger partial charge on any atom is -0.496 e. The molecule has 9 heteroatoms. The van der Waals surface area contributed by atoms with Gasteiger partial charge in [0.25, 0.3) is 0 Å². The van der Waals surface area contributed by atoms with Crippen LogP contribution >= 0.6 is 11.8 Å². The van der Waals surface area contributed by atoms with Gasteiger partial charge in [0, 0.05) is 7.05 Å². The number of para-hydroxylation sites is 1. The van der Waals surface area contributed by atoms with Gasteiger partial charge in [-0.3, -0.25) is 0 Å². The zero-order valence-electron chi connectivity index (χ0n) is 11.4. The number of thioether (sulfide) groups is 1. The number of hydrogen-bond acceptors (Lipinski definition) is 8. The summed E-state index contributed by atoms with van der Waals surface area (Å²) in [5.41, 5.74) is 0.792. The van der Waals surface area contributed by atoms with Crippen molar-refractivity contribution in [3.8, 4) is 17.1 Å². The van der Waals surface area contributed by atoms with E-state index in [-0.39, 0.29) is 0 Å². The molecule has 2 heterocycles. The molecule has 8 nitrogen and oxygen atoms in total. The molecule has 0 aliphatic carbocycles. The number of methoxy groups -OCH3 is 1. The van der Waals surface area contributed by atoms with Crippen LogP contribution in [0.1, 0.15) is 5.89 Å². The minimum atomic E-state index is 0.496. The number of rotatable bonds is 5. The second-order valence-electron chi connectivity index (χ2n) is 4.09. The molecule has 0 bridgehead atoms. The first-order valence-electron chi connectivity index (χ1n) is 6.09. The van der Waals surface area contributed by atoms with Crippen LogP contribution in [-0.4, -0.2) is 37.5 Å². The number of aryl methyl sites for hydroxylation is 1. The Hall–Kier alpha value is -2.42. The molecule has 0 aliphatic rings. The van der Waals surface area contributed by atoms with Gasteiger partial charge in [0.2, 0.25) is 16.9 Å². The Bertz CT molecular complexity index is 741. The summed E-state index contributed by atoms with van der Waals surface area (Å²) in [5.74, 6) is 2.20. The van der Waals surface area contributed by atoms with Gasteiger partial charge in [-0.1, -0.05) is 29.1 Å². The molecular weight excluding hydrogens is 292 g/mol. The van der Waals surface area contributed by atoms with Crippen molar-refractivity contribution in [2.45, 2.75) is 10.9 Å². The molecule has 21 heavy (non-hydrogen) atoms. The zero-order chi connectivity index (χ0) is 14.7. The summed E-state index contributed by atoms with van der Waals surface area (Å²) in [4.78, 5) is 4.36. The van der Waals surface area contributed by atoms with Crippen molar-refractivity contribution in [1.82, 2.24) is 30.3 Å². The Morgan fingerprint density at radius 2 is 2.19 bits per heavy atom. The average molecular weight is 304 g/mol. The molecule has 0 spiro atoms. The fourth-order valence-electron chi connectivity index (χ4n) is 1.72. The molecule has 0 atom stereocenters. The predicted molar refractivity (Wildman–Crippen MR) is 74.6 cm³/mol. The summed E-state index contributed by atoms with van der Waals surface area (Å²) in [6.07, 6.45) is 0. The molecule has 108 valence electrons. The van der Waals surface area contributed by atoms with Crippen LogP contribution < -0.4 is 4.74 Å². The summed E-state index contributed by atoms with van der Waals surface area (Å²) in [6.45, 7) is 0. The Balaban J connectivity index is 1.76. The first-order valence-corrected chi connectivity index (χ1v) is 7.07. The second-order valence-corrected chi connectivity index (χ2v) is 5.03. The van der Waals surface area contributed by atoms with E-state index in [0.29, 0.717) is 28.4 Å². The monoisotopic (exact) mass is 304 g/mol. The van der Waals surface area contributed by atoms with Crippen molar-refractivity contribution < 1.29 is 9.26 Å². The minimum absolute atomic E-state index is 0.496. The van der Waals surface area contributed by atoms with E-state index in [1.165, 1.54) is 11.8 Å². The van der Waals surface area contributed by atoms with Crippen LogP contribution in [0.4, 0.5) is 0 Å². The van der Waals surface area contributed by atoms with Crippen LogP contribution in [0.15, 0.2) is 33.9 Å². The van der Waals surface area contributed by atoms with Gasteiger partial charge in [-0.2, -0.15) is 4.98 Å². The molecule has 0 fully saturated rings. The first-order chi connectivity index (χ1) is 10.3. The highest BCUT2D eigenvalue weighted by Gasteiger charge is 2.14. The lowest BCUT2D eigenvalue weighted by Gasteiger charge is -2.02. The largest absolute Gasteiger partial charge is 0.496 e. The average Bonchev–Trinajstić information content (AvgIpc) is 3.14. The molecule has 0 radical (unpaired) electrons. The first kappa shape index (κ1) is 13.6. The molecule has 0 N–H and O–H groups in total. The molecule has 0 amide bonds. The van der Waals surface area contributed by atoms with Gasteiger partial charge in [0.05, 0.1) is 18.4 Å². The predicted octanol–water partition coefficient (Wildman–Crippen LogP) is 1.56. The van der Waals surface area contributed by atoms with Crippen LogP contribution in [0.5, 0.6) is 5.75 Å². The molecular formula is C12H12N6O2S. The molecule has 0 saturated carbocycles. The standard InChI is InChI=1S/C12H12N6O2S/c1-18-12(14-16-17-18)21-7-10-13-11(15-20-10)8-5-3-4-6-9(8)19-2/h3-6H,7H2,1-2H3. The van der Waals surface area contributed by atoms with E-state index in [0.717, 1.165) is 5.56 Å². The Kier molecular flexibility index (Phi) is 3.82. The van der Waals surface area contributed by atoms with E-state index >= 15 is 0 Å². The van der Waals surface area contributed by atoms with Gasteiger partial charge in [0.15, 0.2) is 0 Å². The van der Waals surface area contributed by atoms with E-state index in [4.69, 9.17) is 9.26 Å². The van der Waals surface area contributed by atoms with E-state index in [1.807, 2.05) is 24.3 Å². The lowest BCUT2D eigenvalue weighted by atomic mass is 10.2. The third kappa shape index (κ3) is 2.87. The normalized spacial score (nSPS) is 10.8. The van der Waals surface area contributed by atoms with E-state index in [1.54, 1.807) is 18.8 Å². The molecule has 2 aromatic heterocycles. The maximum Gasteiger partial charge on any atom is 0.237 e. The fraction of sp³-hybridized carbons (Fsp3) is 0.250. The zero-order valence-corrected chi connectivity index (χ0v) is 12.2.